The number of benzene rings is 11. The van der Waals surface area contributed by atoms with E-state index in [2.05, 4.69) is 234 Å². The molecule has 0 aliphatic carbocycles. The minimum atomic E-state index is 0.601. The minimum absolute atomic E-state index is 0.601. The van der Waals surface area contributed by atoms with Crippen LogP contribution in [0.15, 0.2) is 235 Å². The van der Waals surface area contributed by atoms with Gasteiger partial charge >= 0.3 is 0 Å². The first kappa shape index (κ1) is 41.9. The van der Waals surface area contributed by atoms with E-state index in [1.165, 1.54) is 54.1 Å². The predicted molar refractivity (Wildman–Crippen MR) is 311 cm³/mol. The number of allylic oxidation sites excluding steroid dienone is 1. The molecule has 4 aromatic heterocycles. The largest absolute Gasteiger partial charge is 0.456 e. The van der Waals surface area contributed by atoms with Gasteiger partial charge in [-0.1, -0.05) is 189 Å². The summed E-state index contributed by atoms with van der Waals surface area (Å²) in [6.45, 7) is 6.12. The van der Waals surface area contributed by atoms with E-state index in [4.69, 9.17) is 14.4 Å². The lowest BCUT2D eigenvalue weighted by Gasteiger charge is -2.13. The molecule has 0 N–H and O–H groups in total. The van der Waals surface area contributed by atoms with Gasteiger partial charge in [-0.25, -0.2) is 9.97 Å². The number of rotatable bonds is 6. The molecule has 4 heterocycles. The van der Waals surface area contributed by atoms with Crippen LogP contribution in [0.3, 0.4) is 0 Å². The topological polar surface area (TPSA) is 48.8 Å². The highest BCUT2D eigenvalue weighted by atomic mass is 16.3. The van der Waals surface area contributed by atoms with Crippen molar-refractivity contribution in [2.24, 2.45) is 0 Å². The molecule has 0 atom stereocenters. The van der Waals surface area contributed by atoms with E-state index in [1.54, 1.807) is 0 Å². The first-order valence-electron chi connectivity index (χ1n) is 25.2. The van der Waals surface area contributed by atoms with Gasteiger partial charge < -0.3 is 8.98 Å². The SMILES string of the molecule is C=C/C=c1/c(-c2ccccc2)nc(-n2c3cc(-c4cccc5oc6ccc(-c7ccc8c(c7)c7c9ccccc9ccc7n8-c7ccccc7)cc6c45)ccc3c3c4ccccc4c4ccccc4c32)n/c1=C/C. The molecule has 15 aromatic rings. The molecule has 11 aromatic carbocycles. The Balaban J connectivity index is 0.980. The summed E-state index contributed by atoms with van der Waals surface area (Å²) in [7, 11) is 0. The Kier molecular flexibility index (Phi) is 9.26. The van der Waals surface area contributed by atoms with Crippen molar-refractivity contribution in [3.8, 4) is 45.1 Å². The highest BCUT2D eigenvalue weighted by molar-refractivity contribution is 6.32. The summed E-state index contributed by atoms with van der Waals surface area (Å²) < 4.78 is 11.4. The first-order chi connectivity index (χ1) is 36.6. The molecule has 0 unspecified atom stereocenters. The Morgan fingerprint density at radius 1 is 0.432 bits per heavy atom. The molecule has 0 bridgehead atoms. The second kappa shape index (κ2) is 16.4. The molecule has 346 valence electrons. The zero-order chi connectivity index (χ0) is 49.0. The number of para-hydroxylation sites is 1. The van der Waals surface area contributed by atoms with Crippen LogP contribution in [0.5, 0.6) is 0 Å². The first-order valence-corrected chi connectivity index (χ1v) is 25.2. The summed E-state index contributed by atoms with van der Waals surface area (Å²) in [4.78, 5) is 10.9. The quantitative estimate of drug-likeness (QED) is 0.156. The van der Waals surface area contributed by atoms with Crippen molar-refractivity contribution in [3.05, 3.63) is 242 Å². The van der Waals surface area contributed by atoms with Crippen LogP contribution in [0.4, 0.5) is 0 Å². The highest BCUT2D eigenvalue weighted by Gasteiger charge is 2.23. The van der Waals surface area contributed by atoms with Gasteiger partial charge in [0.05, 0.1) is 33.1 Å². The molecule has 0 aliphatic heterocycles. The normalized spacial score (nSPS) is 12.6. The molecule has 0 fully saturated rings. The van der Waals surface area contributed by atoms with E-state index in [0.717, 1.165) is 93.5 Å². The van der Waals surface area contributed by atoms with E-state index in [0.29, 0.717) is 5.95 Å². The number of nitrogens with zero attached hydrogens (tertiary/aromatic N) is 4. The maximum Gasteiger partial charge on any atom is 0.235 e. The molecule has 0 amide bonds. The molecule has 0 aliphatic rings. The van der Waals surface area contributed by atoms with Gasteiger partial charge in [0.1, 0.15) is 11.2 Å². The second-order valence-electron chi connectivity index (χ2n) is 19.2. The molecule has 0 saturated carbocycles. The van der Waals surface area contributed by atoms with Crippen molar-refractivity contribution in [2.75, 3.05) is 0 Å². The van der Waals surface area contributed by atoms with Crippen LogP contribution in [0.2, 0.25) is 0 Å². The summed E-state index contributed by atoms with van der Waals surface area (Å²) >= 11 is 0. The summed E-state index contributed by atoms with van der Waals surface area (Å²) in [5.74, 6) is 0.601. The fraction of sp³-hybridized carbons (Fsp3) is 0.0145. The number of hydrogen-bond acceptors (Lipinski definition) is 3. The summed E-state index contributed by atoms with van der Waals surface area (Å²) in [6.07, 6.45) is 5.90. The van der Waals surface area contributed by atoms with Crippen molar-refractivity contribution in [1.82, 2.24) is 19.1 Å². The molecule has 74 heavy (non-hydrogen) atoms. The summed E-state index contributed by atoms with van der Waals surface area (Å²) in [5, 5.41) is 15.9. The van der Waals surface area contributed by atoms with E-state index < -0.39 is 0 Å². The zero-order valence-electron chi connectivity index (χ0n) is 40.4. The molecule has 5 heteroatoms. The van der Waals surface area contributed by atoms with Crippen LogP contribution in [0.1, 0.15) is 6.92 Å². The lowest BCUT2D eigenvalue weighted by molar-refractivity contribution is 0.669. The third-order valence-corrected chi connectivity index (χ3v) is 15.2. The summed E-state index contributed by atoms with van der Waals surface area (Å²) in [6, 6.07) is 78.7. The highest BCUT2D eigenvalue weighted by Crippen LogP contribution is 2.46. The van der Waals surface area contributed by atoms with Gasteiger partial charge in [-0.2, -0.15) is 0 Å². The van der Waals surface area contributed by atoms with Gasteiger partial charge in [0.25, 0.3) is 0 Å². The van der Waals surface area contributed by atoms with Crippen LogP contribution >= 0.6 is 0 Å². The lowest BCUT2D eigenvalue weighted by atomic mass is 9.95. The maximum atomic E-state index is 6.73. The average molecular weight is 945 g/mol. The van der Waals surface area contributed by atoms with Gasteiger partial charge in [-0.05, 0) is 111 Å². The fourth-order valence-corrected chi connectivity index (χ4v) is 12.0. The standard InChI is InChI=1S/C69H44N4O/c1-3-18-54-58(4-2)70-69(71-67(54)43-20-7-5-8-21-43)73-61-41-46(31-35-55(61)66-52-27-15-13-25-50(52)51-26-14-16-28-53(51)68(66)73)49-29-17-30-63-65(49)57-40-45(34-38-62(57)74-63)44-33-36-59-56(39-44)64-48-24-12-11-19-42(48)32-37-60(64)72(59)47-22-9-6-10-23-47/h3-41H,1H2,2H3/b54-18+,58-4+. The Hall–Kier alpha value is -9.84. The van der Waals surface area contributed by atoms with E-state index in [9.17, 15) is 0 Å². The van der Waals surface area contributed by atoms with Gasteiger partial charge in [0.15, 0.2) is 0 Å². The average Bonchev–Trinajstić information content (AvgIpc) is 4.19. The monoisotopic (exact) mass is 944 g/mol. The smallest absolute Gasteiger partial charge is 0.235 e. The summed E-state index contributed by atoms with van der Waals surface area (Å²) in [5.41, 5.74) is 13.6. The Morgan fingerprint density at radius 3 is 1.91 bits per heavy atom. The van der Waals surface area contributed by atoms with Crippen molar-refractivity contribution < 1.29 is 4.42 Å². The van der Waals surface area contributed by atoms with Crippen LogP contribution in [-0.2, 0) is 0 Å². The Bertz CT molecular complexity index is 4980. The predicted octanol–water partition coefficient (Wildman–Crippen LogP) is 16.8. The van der Waals surface area contributed by atoms with Crippen molar-refractivity contribution >= 4 is 110 Å². The van der Waals surface area contributed by atoms with Crippen molar-refractivity contribution in [2.45, 2.75) is 6.92 Å². The number of furan rings is 1. The molecule has 0 radical (unpaired) electrons. The molecule has 5 nitrogen and oxygen atoms in total. The fourth-order valence-electron chi connectivity index (χ4n) is 12.0. The third kappa shape index (κ3) is 6.17. The van der Waals surface area contributed by atoms with Gasteiger partial charge in [0, 0.05) is 54.2 Å². The van der Waals surface area contributed by atoms with Crippen LogP contribution in [-0.4, -0.2) is 19.1 Å². The molecule has 15 rings (SSSR count). The molecule has 0 saturated heterocycles. The molecule has 0 spiro atoms. The van der Waals surface area contributed by atoms with Crippen LogP contribution < -0.4 is 10.6 Å². The maximum absolute atomic E-state index is 6.73. The Morgan fingerprint density at radius 2 is 1.11 bits per heavy atom. The van der Waals surface area contributed by atoms with Crippen molar-refractivity contribution in [3.63, 3.8) is 0 Å². The molecular formula is C69H44N4O. The van der Waals surface area contributed by atoms with E-state index in [1.807, 2.05) is 25.1 Å². The number of fused-ring (bicyclic) bond motifs is 16. The van der Waals surface area contributed by atoms with Gasteiger partial charge in [-0.15, -0.1) is 0 Å². The van der Waals surface area contributed by atoms with Gasteiger partial charge in [0.2, 0.25) is 5.95 Å². The number of aromatic nitrogens is 4. The third-order valence-electron chi connectivity index (χ3n) is 15.2. The minimum Gasteiger partial charge on any atom is -0.456 e. The van der Waals surface area contributed by atoms with Crippen molar-refractivity contribution in [1.29, 1.82) is 0 Å². The molecular weight excluding hydrogens is 901 g/mol. The van der Waals surface area contributed by atoms with Crippen LogP contribution in [0.25, 0.3) is 155 Å². The second-order valence-corrected chi connectivity index (χ2v) is 19.2. The van der Waals surface area contributed by atoms with E-state index in [-0.39, 0.29) is 0 Å². The number of hydrogen-bond donors (Lipinski definition) is 0. The Labute approximate surface area is 425 Å². The van der Waals surface area contributed by atoms with Crippen LogP contribution in [0, 0.1) is 0 Å². The lowest BCUT2D eigenvalue weighted by Crippen LogP contribution is -2.33. The van der Waals surface area contributed by atoms with Gasteiger partial charge in [-0.3, -0.25) is 4.57 Å². The van der Waals surface area contributed by atoms with E-state index >= 15 is 0 Å². The zero-order valence-corrected chi connectivity index (χ0v) is 40.4.